The SMILES string of the molecule is Cc1cc(C)c(NC(=O)CCCSc2nnnn2-c2cccc(F)c2)c(C)c1. The van der Waals surface area contributed by atoms with Crippen molar-refractivity contribution in [1.82, 2.24) is 20.2 Å². The molecule has 0 bridgehead atoms. The van der Waals surface area contributed by atoms with Crippen molar-refractivity contribution in [3.63, 3.8) is 0 Å². The molecule has 1 aromatic heterocycles. The van der Waals surface area contributed by atoms with Gasteiger partial charge in [0.15, 0.2) is 0 Å². The molecule has 1 heterocycles. The predicted molar refractivity (Wildman–Crippen MR) is 108 cm³/mol. The van der Waals surface area contributed by atoms with Gasteiger partial charge in [0.05, 0.1) is 5.69 Å². The summed E-state index contributed by atoms with van der Waals surface area (Å²) in [6.45, 7) is 6.04. The van der Waals surface area contributed by atoms with Crippen LogP contribution < -0.4 is 5.32 Å². The molecule has 0 fully saturated rings. The summed E-state index contributed by atoms with van der Waals surface area (Å²) in [6.07, 6.45) is 1.08. The Morgan fingerprint density at radius 3 is 2.64 bits per heavy atom. The van der Waals surface area contributed by atoms with Crippen LogP contribution in [0.15, 0.2) is 41.6 Å². The maximum Gasteiger partial charge on any atom is 0.224 e. The van der Waals surface area contributed by atoms with Gasteiger partial charge in [0.2, 0.25) is 11.1 Å². The van der Waals surface area contributed by atoms with Crippen molar-refractivity contribution in [2.24, 2.45) is 0 Å². The molecule has 6 nitrogen and oxygen atoms in total. The van der Waals surface area contributed by atoms with E-state index in [2.05, 4.69) is 33.0 Å². The molecular formula is C20H22FN5OS. The summed E-state index contributed by atoms with van der Waals surface area (Å²) in [6, 6.07) is 10.2. The van der Waals surface area contributed by atoms with Crippen molar-refractivity contribution in [3.8, 4) is 5.69 Å². The molecule has 0 saturated heterocycles. The number of halogens is 1. The highest BCUT2D eigenvalue weighted by molar-refractivity contribution is 7.99. The lowest BCUT2D eigenvalue weighted by Crippen LogP contribution is -2.13. The Balaban J connectivity index is 1.52. The van der Waals surface area contributed by atoms with E-state index in [-0.39, 0.29) is 11.7 Å². The number of hydrogen-bond donors (Lipinski definition) is 1. The Kier molecular flexibility index (Phi) is 6.41. The van der Waals surface area contributed by atoms with Gasteiger partial charge in [0, 0.05) is 17.9 Å². The van der Waals surface area contributed by atoms with Gasteiger partial charge in [-0.25, -0.2) is 4.39 Å². The van der Waals surface area contributed by atoms with Crippen LogP contribution in [-0.2, 0) is 4.79 Å². The van der Waals surface area contributed by atoms with Gasteiger partial charge in [0.1, 0.15) is 5.82 Å². The molecule has 0 radical (unpaired) electrons. The van der Waals surface area contributed by atoms with Gasteiger partial charge in [-0.3, -0.25) is 4.79 Å². The standard InChI is InChI=1S/C20H22FN5OS/c1-13-10-14(2)19(15(3)11-13)22-18(27)8-5-9-28-20-23-24-25-26(20)17-7-4-6-16(21)12-17/h4,6-7,10-12H,5,8-9H2,1-3H3,(H,22,27). The molecular weight excluding hydrogens is 377 g/mol. The van der Waals surface area contributed by atoms with Crippen LogP contribution in [0.3, 0.4) is 0 Å². The van der Waals surface area contributed by atoms with E-state index in [9.17, 15) is 9.18 Å². The van der Waals surface area contributed by atoms with Crippen molar-refractivity contribution in [1.29, 1.82) is 0 Å². The van der Waals surface area contributed by atoms with E-state index in [0.29, 0.717) is 29.4 Å². The van der Waals surface area contributed by atoms with E-state index in [1.54, 1.807) is 12.1 Å². The monoisotopic (exact) mass is 399 g/mol. The quantitative estimate of drug-likeness (QED) is 0.475. The molecule has 146 valence electrons. The van der Waals surface area contributed by atoms with Gasteiger partial charge in [-0.05, 0) is 66.9 Å². The summed E-state index contributed by atoms with van der Waals surface area (Å²) in [5.41, 5.74) is 4.76. The van der Waals surface area contributed by atoms with Crippen LogP contribution in [0.4, 0.5) is 10.1 Å². The second kappa shape index (κ2) is 8.97. The molecule has 2 aromatic carbocycles. The number of nitrogens with one attached hydrogen (secondary N) is 1. The van der Waals surface area contributed by atoms with Gasteiger partial charge >= 0.3 is 0 Å². The molecule has 1 amide bonds. The summed E-state index contributed by atoms with van der Waals surface area (Å²) in [4.78, 5) is 12.3. The number of rotatable bonds is 7. The van der Waals surface area contributed by atoms with E-state index in [4.69, 9.17) is 0 Å². The zero-order valence-corrected chi connectivity index (χ0v) is 16.9. The van der Waals surface area contributed by atoms with Crippen molar-refractivity contribution in [2.75, 3.05) is 11.1 Å². The fourth-order valence-electron chi connectivity index (χ4n) is 3.01. The third kappa shape index (κ3) is 4.95. The number of aromatic nitrogens is 4. The third-order valence-electron chi connectivity index (χ3n) is 4.21. The molecule has 0 unspecified atom stereocenters. The highest BCUT2D eigenvalue weighted by Crippen LogP contribution is 2.23. The topological polar surface area (TPSA) is 72.7 Å². The number of amides is 1. The second-order valence-corrected chi connectivity index (χ2v) is 7.69. The molecule has 8 heteroatoms. The lowest BCUT2D eigenvalue weighted by atomic mass is 10.0. The van der Waals surface area contributed by atoms with Crippen LogP contribution in [0.1, 0.15) is 29.5 Å². The molecule has 0 atom stereocenters. The highest BCUT2D eigenvalue weighted by atomic mass is 32.2. The lowest BCUT2D eigenvalue weighted by molar-refractivity contribution is -0.116. The van der Waals surface area contributed by atoms with E-state index in [1.807, 2.05) is 20.8 Å². The molecule has 0 aliphatic carbocycles. The maximum atomic E-state index is 13.4. The van der Waals surface area contributed by atoms with Gasteiger partial charge < -0.3 is 5.32 Å². The minimum absolute atomic E-state index is 0.0135. The normalized spacial score (nSPS) is 10.9. The number of thioether (sulfide) groups is 1. The van der Waals surface area contributed by atoms with E-state index in [1.165, 1.54) is 34.1 Å². The molecule has 1 N–H and O–H groups in total. The molecule has 28 heavy (non-hydrogen) atoms. The number of carbonyl (C=O) groups excluding carboxylic acids is 1. The van der Waals surface area contributed by atoms with Crippen molar-refractivity contribution in [3.05, 3.63) is 58.9 Å². The van der Waals surface area contributed by atoms with Crippen LogP contribution in [0.25, 0.3) is 5.69 Å². The largest absolute Gasteiger partial charge is 0.326 e. The van der Waals surface area contributed by atoms with Crippen molar-refractivity contribution >= 4 is 23.4 Å². The number of tetrazole rings is 1. The van der Waals surface area contributed by atoms with Crippen LogP contribution in [-0.4, -0.2) is 31.9 Å². The summed E-state index contributed by atoms with van der Waals surface area (Å²) in [5, 5.41) is 15.1. The minimum Gasteiger partial charge on any atom is -0.326 e. The molecule has 3 rings (SSSR count). The third-order valence-corrected chi connectivity index (χ3v) is 5.22. The fourth-order valence-corrected chi connectivity index (χ4v) is 3.84. The number of anilines is 1. The lowest BCUT2D eigenvalue weighted by Gasteiger charge is -2.12. The zero-order chi connectivity index (χ0) is 20.1. The summed E-state index contributed by atoms with van der Waals surface area (Å²) >= 11 is 1.44. The average Bonchev–Trinajstić information content (AvgIpc) is 3.10. The number of aryl methyl sites for hydroxylation is 3. The Morgan fingerprint density at radius 1 is 1.18 bits per heavy atom. The van der Waals surface area contributed by atoms with Crippen LogP contribution in [0.2, 0.25) is 0 Å². The molecule has 0 aliphatic rings. The Morgan fingerprint density at radius 2 is 1.93 bits per heavy atom. The van der Waals surface area contributed by atoms with E-state index in [0.717, 1.165) is 16.8 Å². The van der Waals surface area contributed by atoms with Crippen LogP contribution >= 0.6 is 11.8 Å². The van der Waals surface area contributed by atoms with Gasteiger partial charge in [0.25, 0.3) is 0 Å². The maximum absolute atomic E-state index is 13.4. The first-order chi connectivity index (χ1) is 13.4. The number of hydrogen-bond acceptors (Lipinski definition) is 5. The second-order valence-electron chi connectivity index (χ2n) is 6.63. The summed E-state index contributed by atoms with van der Waals surface area (Å²) in [5.74, 6) is 0.317. The minimum atomic E-state index is -0.345. The Hall–Kier alpha value is -2.74. The summed E-state index contributed by atoms with van der Waals surface area (Å²) < 4.78 is 14.9. The number of nitrogens with zero attached hydrogens (tertiary/aromatic N) is 4. The van der Waals surface area contributed by atoms with E-state index >= 15 is 0 Å². The highest BCUT2D eigenvalue weighted by Gasteiger charge is 2.11. The first-order valence-electron chi connectivity index (χ1n) is 8.99. The van der Waals surface area contributed by atoms with Gasteiger partial charge in [-0.1, -0.05) is 35.5 Å². The first kappa shape index (κ1) is 20.0. The van der Waals surface area contributed by atoms with Gasteiger partial charge in [-0.2, -0.15) is 4.68 Å². The van der Waals surface area contributed by atoms with Crippen molar-refractivity contribution < 1.29 is 9.18 Å². The van der Waals surface area contributed by atoms with Crippen LogP contribution in [0.5, 0.6) is 0 Å². The zero-order valence-electron chi connectivity index (χ0n) is 16.1. The predicted octanol–water partition coefficient (Wildman–Crippen LogP) is 4.24. The average molecular weight is 399 g/mol. The Bertz CT molecular complexity index is 965. The first-order valence-corrected chi connectivity index (χ1v) is 9.97. The molecule has 3 aromatic rings. The molecule has 0 spiro atoms. The number of carbonyl (C=O) groups is 1. The molecule has 0 saturated carbocycles. The summed E-state index contributed by atoms with van der Waals surface area (Å²) in [7, 11) is 0. The Labute approximate surface area is 167 Å². The van der Waals surface area contributed by atoms with Crippen LogP contribution in [0, 0.1) is 26.6 Å². The number of benzene rings is 2. The van der Waals surface area contributed by atoms with Crippen molar-refractivity contribution in [2.45, 2.75) is 38.8 Å². The molecule has 0 aliphatic heterocycles. The van der Waals surface area contributed by atoms with E-state index < -0.39 is 0 Å². The smallest absolute Gasteiger partial charge is 0.224 e. The fraction of sp³-hybridized carbons (Fsp3) is 0.300. The van der Waals surface area contributed by atoms with Gasteiger partial charge in [-0.15, -0.1) is 5.10 Å².